The van der Waals surface area contributed by atoms with Crippen LogP contribution in [0.2, 0.25) is 0 Å². The van der Waals surface area contributed by atoms with E-state index in [0.717, 1.165) is 47.7 Å². The minimum atomic E-state index is 0.425. The number of para-hydroxylation sites is 3. The number of aryl methyl sites for hydroxylation is 5. The lowest BCUT2D eigenvalue weighted by molar-refractivity contribution is -0.653. The molecule has 14 rings (SSSR count). The van der Waals surface area contributed by atoms with Gasteiger partial charge in [-0.3, -0.25) is 0 Å². The smallest absolute Gasteiger partial charge is 0.233 e. The minimum Gasteiger partial charge on any atom is -0.233 e. The number of nitrogens with zero attached hydrogens (tertiary/aromatic N) is 6. The van der Waals surface area contributed by atoms with E-state index in [1.54, 1.807) is 19.2 Å². The third kappa shape index (κ3) is 8.67. The lowest BCUT2D eigenvalue weighted by Gasteiger charge is -2.52. The van der Waals surface area contributed by atoms with E-state index >= 15 is 0 Å². The molecule has 378 valence electrons. The number of fused-ring (bicyclic) bond motifs is 5. The molecule has 7 unspecified atom stereocenters. The van der Waals surface area contributed by atoms with Crippen LogP contribution in [-0.2, 0) is 4.84 Å². The van der Waals surface area contributed by atoms with Crippen LogP contribution in [-0.4, -0.2) is 89.9 Å². The Labute approximate surface area is 446 Å². The van der Waals surface area contributed by atoms with Crippen molar-refractivity contribution in [3.63, 3.8) is 0 Å². The van der Waals surface area contributed by atoms with Crippen molar-refractivity contribution in [2.24, 2.45) is 23.2 Å². The van der Waals surface area contributed by atoms with Crippen LogP contribution in [0.5, 0.6) is 0 Å². The van der Waals surface area contributed by atoms with E-state index in [0.29, 0.717) is 10.2 Å². The Bertz CT molecular complexity index is 3450. The summed E-state index contributed by atoms with van der Waals surface area (Å²) in [5.41, 5.74) is 20.8. The fourth-order valence-corrected chi connectivity index (χ4v) is 15.7. The van der Waals surface area contributed by atoms with E-state index in [1.165, 1.54) is 111 Å². The van der Waals surface area contributed by atoms with Crippen LogP contribution in [0.15, 0.2) is 164 Å². The summed E-state index contributed by atoms with van der Waals surface area (Å²) < 4.78 is 11.0. The maximum absolute atomic E-state index is 5.85. The van der Waals surface area contributed by atoms with E-state index in [9.17, 15) is 0 Å². The molecule has 3 bridgehead atoms. The fourth-order valence-electron chi connectivity index (χ4n) is 15.7. The maximum atomic E-state index is 5.85. The third-order valence-corrected chi connectivity index (χ3v) is 18.7. The number of hydroxylamine groups is 2. The second-order valence-corrected chi connectivity index (χ2v) is 23.8. The Morgan fingerprint density at radius 2 is 1.05 bits per heavy atom. The Balaban J connectivity index is 0.000000116. The van der Waals surface area contributed by atoms with Crippen molar-refractivity contribution in [3.8, 4) is 0 Å². The van der Waals surface area contributed by atoms with E-state index < -0.39 is 0 Å². The highest BCUT2D eigenvalue weighted by Crippen LogP contribution is 2.78. The second-order valence-electron chi connectivity index (χ2n) is 23.8. The van der Waals surface area contributed by atoms with E-state index in [4.69, 9.17) is 4.84 Å². The first-order valence-corrected chi connectivity index (χ1v) is 27.5. The summed E-state index contributed by atoms with van der Waals surface area (Å²) in [5.74, 6) is 3.05. The van der Waals surface area contributed by atoms with Crippen LogP contribution in [0.3, 0.4) is 0 Å². The zero-order valence-electron chi connectivity index (χ0n) is 45.6. The van der Waals surface area contributed by atoms with Crippen LogP contribution < -0.4 is 9.13 Å². The molecule has 0 amide bonds. The molecule has 4 aliphatic carbocycles. The van der Waals surface area contributed by atoms with Gasteiger partial charge in [-0.1, -0.05) is 95.6 Å². The lowest BCUT2D eigenvalue weighted by Crippen LogP contribution is -2.67. The van der Waals surface area contributed by atoms with Gasteiger partial charge in [-0.2, -0.15) is 4.84 Å². The zero-order valence-corrected chi connectivity index (χ0v) is 45.6. The molecule has 4 fully saturated rings. The summed E-state index contributed by atoms with van der Waals surface area (Å²) in [4.78, 5) is 5.85. The molecular formula is C68H76N6O+6. The van der Waals surface area contributed by atoms with Gasteiger partial charge in [-0.25, -0.2) is 4.48 Å². The molecule has 1 spiro atoms. The van der Waals surface area contributed by atoms with Gasteiger partial charge in [0.25, 0.3) is 6.67 Å². The molecule has 7 aromatic rings. The number of quaternary nitrogens is 2. The summed E-state index contributed by atoms with van der Waals surface area (Å²) in [7, 11) is 6.49. The van der Waals surface area contributed by atoms with Gasteiger partial charge in [0, 0.05) is 78.4 Å². The predicted octanol–water partition coefficient (Wildman–Crippen LogP) is 14.0. The zero-order chi connectivity index (χ0) is 51.7. The van der Waals surface area contributed by atoms with Gasteiger partial charge in [0.2, 0.25) is 22.7 Å². The first kappa shape index (κ1) is 49.0. The van der Waals surface area contributed by atoms with Crippen molar-refractivity contribution >= 4 is 59.0 Å². The molecular weight excluding hydrogens is 917 g/mol. The number of hydrogen-bond donors (Lipinski definition) is 0. The molecule has 0 N–H and O–H groups in total. The van der Waals surface area contributed by atoms with Crippen LogP contribution in [0.4, 0.5) is 34.1 Å². The summed E-state index contributed by atoms with van der Waals surface area (Å²) in [6.45, 7) is 13.7. The van der Waals surface area contributed by atoms with Gasteiger partial charge in [0.15, 0.2) is 36.2 Å². The number of rotatable bonds is 6. The first-order chi connectivity index (χ1) is 36.2. The molecule has 3 aliphatic heterocycles. The third-order valence-electron chi connectivity index (χ3n) is 18.7. The van der Waals surface area contributed by atoms with Gasteiger partial charge >= 0.3 is 13.3 Å². The second kappa shape index (κ2) is 19.0. The summed E-state index contributed by atoms with van der Waals surface area (Å²) >= 11 is 0. The normalized spacial score (nSPS) is 27.7. The Hall–Kier alpha value is -6.90. The SMILES string of the molecule is CO[N+]1(C)C[N+](c2ccccc2)=Cc2cc(C)cc(C)c21.Cc1cc(C)c2c(c1)C=[N+](c1ccccc1)C[N+]2(C)C12CC3CC4CC(C1)C4(C3)C2.Cc1ccc2c(c1)C=[N+](c1ccccc1)C/[N+]2=C/c1ccccc1. The van der Waals surface area contributed by atoms with Gasteiger partial charge in [-0.15, -0.1) is 18.3 Å². The van der Waals surface area contributed by atoms with E-state index in [2.05, 4.69) is 250 Å². The van der Waals surface area contributed by atoms with Crippen LogP contribution in [0.25, 0.3) is 0 Å². The van der Waals surface area contributed by atoms with Crippen molar-refractivity contribution in [2.75, 3.05) is 41.2 Å². The molecule has 3 heterocycles. The highest BCUT2D eigenvalue weighted by Gasteiger charge is 2.76. The molecule has 7 heteroatoms. The van der Waals surface area contributed by atoms with Crippen LogP contribution in [0.1, 0.15) is 88.6 Å². The molecule has 75 heavy (non-hydrogen) atoms. The van der Waals surface area contributed by atoms with Gasteiger partial charge in [-0.05, 0) is 124 Å². The highest BCUT2D eigenvalue weighted by molar-refractivity contribution is 5.89. The fraction of sp³-hybridized carbons (Fsp3) is 0.324. The maximum Gasteiger partial charge on any atom is 0.344 e. The molecule has 0 radical (unpaired) electrons. The molecule has 0 saturated heterocycles. The molecule has 0 aromatic heterocycles. The largest absolute Gasteiger partial charge is 0.344 e. The standard InChI is InChI=1S/C28H34N2.C22H20N2.C18H22N2O/c1-19-9-20(2)26-22(10-19)16-29(25-7-5-4-6-8-25)18-30(26,3)27-13-21-11-23-12-24(15-27)28(23,14-21)17-27;1-18-12-13-22-20(14-18)16-23(21-10-6-3-7-11-21)17-24(22)15-19-8-4-2-5-9-19;1-14-10-15(2)18-16(11-14)12-19(13-20(18,3)21-4)17-8-6-5-7-9-17/h4-10,16,21,23-24H,11-15,17-18H2,1-3H3;2-16H,17H2,1H3;5-12H,13H2,1-4H3/q3*+2/b;24-15-;. The molecule has 7 aromatic carbocycles. The summed E-state index contributed by atoms with van der Waals surface area (Å²) in [5, 5.41) is 0. The van der Waals surface area contributed by atoms with E-state index in [-0.39, 0.29) is 0 Å². The number of hydrogen-bond acceptors (Lipinski definition) is 1. The van der Waals surface area contributed by atoms with Gasteiger partial charge < -0.3 is 0 Å². The Morgan fingerprint density at radius 3 is 1.67 bits per heavy atom. The highest BCUT2D eigenvalue weighted by atomic mass is 16.7. The molecule has 7 nitrogen and oxygen atoms in total. The quantitative estimate of drug-likeness (QED) is 0.120. The Morgan fingerprint density at radius 1 is 0.520 bits per heavy atom. The summed E-state index contributed by atoms with van der Waals surface area (Å²) in [6.07, 6.45) is 18.1. The number of benzene rings is 7. The van der Waals surface area contributed by atoms with Crippen molar-refractivity contribution < 1.29 is 23.1 Å². The molecule has 7 atom stereocenters. The molecule has 4 saturated carbocycles. The monoisotopic (exact) mass is 993 g/mol. The van der Waals surface area contributed by atoms with E-state index in [1.807, 2.05) is 6.07 Å². The van der Waals surface area contributed by atoms with Gasteiger partial charge in [0.1, 0.15) is 29.3 Å². The van der Waals surface area contributed by atoms with Crippen LogP contribution in [0, 0.1) is 57.8 Å². The Kier molecular flexibility index (Phi) is 12.4. The average molecular weight is 993 g/mol. The minimum absolute atomic E-state index is 0.425. The van der Waals surface area contributed by atoms with Crippen molar-refractivity contribution in [1.82, 2.24) is 9.13 Å². The molecule has 7 aliphatic rings. The van der Waals surface area contributed by atoms with Crippen molar-refractivity contribution in [1.29, 1.82) is 0 Å². The van der Waals surface area contributed by atoms with Crippen LogP contribution >= 0.6 is 0 Å². The summed E-state index contributed by atoms with van der Waals surface area (Å²) in [6, 6.07) is 58.5. The van der Waals surface area contributed by atoms with Gasteiger partial charge in [0.05, 0.1) is 14.2 Å². The average Bonchev–Trinajstić information content (AvgIpc) is 3.81. The topological polar surface area (TPSA) is 21.3 Å². The van der Waals surface area contributed by atoms with Crippen molar-refractivity contribution in [2.45, 2.75) is 78.7 Å². The lowest BCUT2D eigenvalue weighted by atomic mass is 9.56. The predicted molar refractivity (Wildman–Crippen MR) is 310 cm³/mol. The first-order valence-electron chi connectivity index (χ1n) is 27.5. The van der Waals surface area contributed by atoms with Crippen molar-refractivity contribution in [3.05, 3.63) is 214 Å².